The van der Waals surface area contributed by atoms with Crippen molar-refractivity contribution in [2.45, 2.75) is 32.1 Å². The molecular formula is C25H37Cl3N6O2. The third kappa shape index (κ3) is 7.48. The molecule has 200 valence electrons. The Bertz CT molecular complexity index is 946. The van der Waals surface area contributed by atoms with E-state index in [4.69, 9.17) is 16.1 Å². The quantitative estimate of drug-likeness (QED) is 0.532. The van der Waals surface area contributed by atoms with Crippen LogP contribution < -0.4 is 15.5 Å². The Labute approximate surface area is 230 Å². The molecule has 3 aliphatic heterocycles. The number of hydrogen-bond acceptors (Lipinski definition) is 7. The first kappa shape index (κ1) is 29.0. The highest BCUT2D eigenvalue weighted by molar-refractivity contribution is 6.30. The molecule has 3 saturated heterocycles. The predicted octanol–water partition coefficient (Wildman–Crippen LogP) is 3.89. The average molecular weight is 560 g/mol. The van der Waals surface area contributed by atoms with Crippen LogP contribution >= 0.6 is 36.4 Å². The maximum Gasteiger partial charge on any atom is 0.324 e. The van der Waals surface area contributed by atoms with Gasteiger partial charge in [0.25, 0.3) is 0 Å². The SMILES string of the molecule is Cl.Cl.O=C(NCC1CCN(CC2CCCNC2)C1)C1CCN(c2nc(-c3ccc(Cl)cc3)no2)CC1. The molecule has 0 saturated carbocycles. The van der Waals surface area contributed by atoms with Crippen LogP contribution in [0.5, 0.6) is 0 Å². The van der Waals surface area contributed by atoms with Gasteiger partial charge in [-0.25, -0.2) is 0 Å². The van der Waals surface area contributed by atoms with Gasteiger partial charge in [0.05, 0.1) is 0 Å². The maximum absolute atomic E-state index is 12.8. The van der Waals surface area contributed by atoms with E-state index >= 15 is 0 Å². The molecule has 5 rings (SSSR count). The number of aromatic nitrogens is 2. The number of nitrogens with one attached hydrogen (secondary N) is 2. The highest BCUT2D eigenvalue weighted by Crippen LogP contribution is 2.26. The van der Waals surface area contributed by atoms with E-state index in [-0.39, 0.29) is 36.6 Å². The molecule has 3 aliphatic rings. The largest absolute Gasteiger partial charge is 0.356 e. The number of nitrogens with zero attached hydrogens (tertiary/aromatic N) is 4. The lowest BCUT2D eigenvalue weighted by atomic mass is 9.96. The molecule has 0 aliphatic carbocycles. The Hall–Kier alpha value is -1.58. The van der Waals surface area contributed by atoms with Crippen molar-refractivity contribution in [3.63, 3.8) is 0 Å². The van der Waals surface area contributed by atoms with Crippen LogP contribution in [0.25, 0.3) is 11.4 Å². The molecule has 0 radical (unpaired) electrons. The van der Waals surface area contributed by atoms with Crippen molar-refractivity contribution in [3.8, 4) is 11.4 Å². The Morgan fingerprint density at radius 1 is 1.08 bits per heavy atom. The van der Waals surface area contributed by atoms with Gasteiger partial charge < -0.3 is 25.0 Å². The Morgan fingerprint density at radius 2 is 1.86 bits per heavy atom. The summed E-state index contributed by atoms with van der Waals surface area (Å²) in [6, 6.07) is 7.90. The van der Waals surface area contributed by atoms with Crippen molar-refractivity contribution in [3.05, 3.63) is 29.3 Å². The highest BCUT2D eigenvalue weighted by atomic mass is 35.5. The average Bonchev–Trinajstić information content (AvgIpc) is 3.54. The number of piperidine rings is 2. The fourth-order valence-corrected chi connectivity index (χ4v) is 5.60. The molecular weight excluding hydrogens is 523 g/mol. The summed E-state index contributed by atoms with van der Waals surface area (Å²) in [5, 5.41) is 11.5. The second kappa shape index (κ2) is 13.8. The van der Waals surface area contributed by atoms with Gasteiger partial charge in [-0.15, -0.1) is 24.8 Å². The van der Waals surface area contributed by atoms with E-state index in [9.17, 15) is 4.79 Å². The fourth-order valence-electron chi connectivity index (χ4n) is 5.47. The summed E-state index contributed by atoms with van der Waals surface area (Å²) in [6.45, 7) is 8.09. The van der Waals surface area contributed by atoms with Crippen molar-refractivity contribution >= 4 is 48.3 Å². The summed E-state index contributed by atoms with van der Waals surface area (Å²) in [4.78, 5) is 22.0. The van der Waals surface area contributed by atoms with Crippen LogP contribution in [-0.2, 0) is 4.79 Å². The molecule has 4 heterocycles. The number of likely N-dealkylation sites (tertiary alicyclic amines) is 1. The van der Waals surface area contributed by atoms with Crippen molar-refractivity contribution in [2.75, 3.05) is 57.3 Å². The van der Waals surface area contributed by atoms with Crippen molar-refractivity contribution < 1.29 is 9.32 Å². The third-order valence-electron chi connectivity index (χ3n) is 7.50. The third-order valence-corrected chi connectivity index (χ3v) is 7.76. The van der Waals surface area contributed by atoms with Crippen LogP contribution in [0.2, 0.25) is 5.02 Å². The Kier molecular flexibility index (Phi) is 11.1. The van der Waals surface area contributed by atoms with E-state index in [1.807, 2.05) is 24.3 Å². The molecule has 11 heteroatoms. The van der Waals surface area contributed by atoms with Gasteiger partial charge in [0, 0.05) is 49.2 Å². The summed E-state index contributed by atoms with van der Waals surface area (Å²) in [5.41, 5.74) is 0.870. The van der Waals surface area contributed by atoms with Gasteiger partial charge in [-0.1, -0.05) is 16.8 Å². The molecule has 8 nitrogen and oxygen atoms in total. The van der Waals surface area contributed by atoms with E-state index in [1.165, 1.54) is 32.4 Å². The number of carbonyl (C=O) groups is 1. The summed E-state index contributed by atoms with van der Waals surface area (Å²) >= 11 is 5.96. The van der Waals surface area contributed by atoms with Crippen LogP contribution in [-0.4, -0.2) is 73.3 Å². The van der Waals surface area contributed by atoms with Crippen LogP contribution in [0.4, 0.5) is 6.01 Å². The molecule has 0 bridgehead atoms. The number of benzene rings is 1. The van der Waals surface area contributed by atoms with Gasteiger partial charge in [0.1, 0.15) is 0 Å². The summed E-state index contributed by atoms with van der Waals surface area (Å²) < 4.78 is 5.49. The van der Waals surface area contributed by atoms with Gasteiger partial charge in [-0.05, 0) is 87.8 Å². The van der Waals surface area contributed by atoms with E-state index in [0.717, 1.165) is 63.6 Å². The predicted molar refractivity (Wildman–Crippen MR) is 147 cm³/mol. The van der Waals surface area contributed by atoms with Gasteiger partial charge in [0.2, 0.25) is 11.7 Å². The van der Waals surface area contributed by atoms with Crippen LogP contribution in [0.15, 0.2) is 28.8 Å². The van der Waals surface area contributed by atoms with Crippen molar-refractivity contribution in [1.82, 2.24) is 25.7 Å². The molecule has 0 spiro atoms. The number of halogens is 3. The molecule has 36 heavy (non-hydrogen) atoms. The zero-order valence-corrected chi connectivity index (χ0v) is 22.9. The van der Waals surface area contributed by atoms with Crippen LogP contribution in [0.1, 0.15) is 32.1 Å². The minimum atomic E-state index is 0. The standard InChI is InChI=1S/C25H35ClN6O2.2ClH/c26-22-5-3-20(4-6-22)23-29-25(34-30-23)32-12-8-21(9-13-32)24(33)28-15-19-7-11-31(17-19)16-18-2-1-10-27-14-18;;/h3-6,18-19,21,27H,1-2,7-17H2,(H,28,33);2*1H. The summed E-state index contributed by atoms with van der Waals surface area (Å²) in [7, 11) is 0. The zero-order chi connectivity index (χ0) is 23.3. The summed E-state index contributed by atoms with van der Waals surface area (Å²) in [5.74, 6) is 2.17. The normalized spacial score (nSPS) is 23.1. The van der Waals surface area contributed by atoms with E-state index in [0.29, 0.717) is 22.8 Å². The highest BCUT2D eigenvalue weighted by Gasteiger charge is 2.29. The van der Waals surface area contributed by atoms with Crippen molar-refractivity contribution in [1.29, 1.82) is 0 Å². The first-order chi connectivity index (χ1) is 16.6. The first-order valence-electron chi connectivity index (χ1n) is 12.7. The van der Waals surface area contributed by atoms with Crippen LogP contribution in [0.3, 0.4) is 0 Å². The first-order valence-corrected chi connectivity index (χ1v) is 13.1. The number of anilines is 1. The monoisotopic (exact) mass is 558 g/mol. The second-order valence-corrected chi connectivity index (χ2v) is 10.5. The molecule has 1 aromatic carbocycles. The van der Waals surface area contributed by atoms with E-state index in [1.54, 1.807) is 0 Å². The molecule has 2 aromatic rings. The molecule has 2 unspecified atom stereocenters. The molecule has 1 aromatic heterocycles. The van der Waals surface area contributed by atoms with Gasteiger partial charge in [0.15, 0.2) is 0 Å². The molecule has 1 amide bonds. The van der Waals surface area contributed by atoms with Gasteiger partial charge >= 0.3 is 6.01 Å². The Balaban J connectivity index is 0.00000180. The fraction of sp³-hybridized carbons (Fsp3) is 0.640. The lowest BCUT2D eigenvalue weighted by Crippen LogP contribution is -2.42. The van der Waals surface area contributed by atoms with Gasteiger partial charge in [-0.3, -0.25) is 4.79 Å². The smallest absolute Gasteiger partial charge is 0.324 e. The number of amides is 1. The molecule has 2 atom stereocenters. The zero-order valence-electron chi connectivity index (χ0n) is 20.5. The molecule has 2 N–H and O–H groups in total. The maximum atomic E-state index is 12.8. The lowest BCUT2D eigenvalue weighted by molar-refractivity contribution is -0.125. The van der Waals surface area contributed by atoms with E-state index < -0.39 is 0 Å². The summed E-state index contributed by atoms with van der Waals surface area (Å²) in [6.07, 6.45) is 5.43. The minimum absolute atomic E-state index is 0. The number of rotatable bonds is 7. The lowest BCUT2D eigenvalue weighted by Gasteiger charge is -2.30. The Morgan fingerprint density at radius 3 is 2.58 bits per heavy atom. The van der Waals surface area contributed by atoms with Crippen molar-refractivity contribution in [2.24, 2.45) is 17.8 Å². The van der Waals surface area contributed by atoms with E-state index in [2.05, 4.69) is 30.6 Å². The second-order valence-electron chi connectivity index (χ2n) is 10.0. The van der Waals surface area contributed by atoms with Crippen LogP contribution in [0, 0.1) is 17.8 Å². The topological polar surface area (TPSA) is 86.5 Å². The molecule has 3 fully saturated rings. The number of hydrogen-bond donors (Lipinski definition) is 2. The minimum Gasteiger partial charge on any atom is -0.356 e. The number of carbonyl (C=O) groups excluding carboxylic acids is 1. The van der Waals surface area contributed by atoms with Gasteiger partial charge in [-0.2, -0.15) is 4.98 Å².